The van der Waals surface area contributed by atoms with Crippen molar-refractivity contribution in [3.63, 3.8) is 0 Å². The van der Waals surface area contributed by atoms with Gasteiger partial charge in [-0.2, -0.15) is 54.0 Å². The van der Waals surface area contributed by atoms with Gasteiger partial charge in [0, 0.05) is 0 Å². The normalized spacial score (nSPS) is 8.78. The third-order valence-corrected chi connectivity index (χ3v) is 5.49. The van der Waals surface area contributed by atoms with Gasteiger partial charge in [0.05, 0.1) is 24.7 Å². The molecule has 1 aromatic carbocycles. The fraction of sp³-hybridized carbons (Fsp3) is 0.533. The van der Waals surface area contributed by atoms with Gasteiger partial charge in [0.25, 0.3) is 0 Å². The predicted molar refractivity (Wildman–Crippen MR) is 128 cm³/mol. The quantitative estimate of drug-likeness (QED) is 0.487. The monoisotopic (exact) mass is 429 g/mol. The molecule has 8 heteroatoms. The zero-order valence-corrected chi connectivity index (χ0v) is 19.6. The molecule has 0 saturated heterocycles. The Morgan fingerprint density at radius 3 is 2.30 bits per heavy atom. The van der Waals surface area contributed by atoms with Gasteiger partial charge in [-0.25, -0.2) is 4.98 Å². The van der Waals surface area contributed by atoms with E-state index in [9.17, 15) is 0 Å². The van der Waals surface area contributed by atoms with E-state index >= 15 is 0 Å². The molecule has 0 spiro atoms. The molecule has 0 atom stereocenters. The summed E-state index contributed by atoms with van der Waals surface area (Å²) in [7, 11) is 0.928. The maximum atomic E-state index is 4.83. The van der Waals surface area contributed by atoms with Gasteiger partial charge in [-0.3, -0.25) is 0 Å². The van der Waals surface area contributed by atoms with Crippen LogP contribution < -0.4 is 5.19 Å². The summed E-state index contributed by atoms with van der Waals surface area (Å²) in [6, 6.07) is 8.00. The third kappa shape index (κ3) is 9.67. The SMILES string of the molecule is CCCCC[Si]c1cccc2sc(CCC)nc12.O.S.S.S.S. The van der Waals surface area contributed by atoms with Crippen LogP contribution in [0.2, 0.25) is 6.04 Å². The van der Waals surface area contributed by atoms with Gasteiger partial charge in [-0.15, -0.1) is 11.3 Å². The van der Waals surface area contributed by atoms with E-state index in [0.29, 0.717) is 0 Å². The van der Waals surface area contributed by atoms with Crippen LogP contribution in [0.15, 0.2) is 18.2 Å². The van der Waals surface area contributed by atoms with Crippen LogP contribution in [0.4, 0.5) is 0 Å². The van der Waals surface area contributed by atoms with Crippen LogP contribution in [0, 0.1) is 0 Å². The first-order valence-electron chi connectivity index (χ1n) is 6.97. The number of thiazole rings is 1. The highest BCUT2D eigenvalue weighted by molar-refractivity contribution is 7.59. The van der Waals surface area contributed by atoms with E-state index in [1.165, 1.54) is 52.1 Å². The molecular weight excluding hydrogens is 399 g/mol. The molecule has 0 saturated carbocycles. The van der Waals surface area contributed by atoms with E-state index in [0.717, 1.165) is 15.9 Å². The predicted octanol–water partition coefficient (Wildman–Crippen LogP) is 3.81. The highest BCUT2D eigenvalue weighted by atomic mass is 32.1. The molecule has 0 fully saturated rings. The smallest absolute Gasteiger partial charge is 0.0938 e. The van der Waals surface area contributed by atoms with Crippen LogP contribution in [0.1, 0.15) is 44.5 Å². The van der Waals surface area contributed by atoms with E-state index in [-0.39, 0.29) is 59.5 Å². The molecule has 0 aliphatic rings. The van der Waals surface area contributed by atoms with E-state index in [2.05, 4.69) is 32.0 Å². The van der Waals surface area contributed by atoms with Crippen LogP contribution in [-0.2, 0) is 6.42 Å². The van der Waals surface area contributed by atoms with Gasteiger partial charge in [-0.1, -0.05) is 51.3 Å². The average Bonchev–Trinajstić information content (AvgIpc) is 2.78. The fourth-order valence-corrected chi connectivity index (χ4v) is 4.51. The first-order chi connectivity index (χ1) is 8.85. The first-order valence-corrected chi connectivity index (χ1v) is 8.99. The standard InChI is InChI=1S/C15H21NSSi.H2O.4H2S/c1-3-5-6-11-18-13-10-7-9-12-15(13)16-14(17-12)8-4-2;;;;;/h7,9-10H,3-6,8,11H2,1-2H3;5*1H2. The molecule has 1 heterocycles. The van der Waals surface area contributed by atoms with E-state index in [1.54, 1.807) is 0 Å². The lowest BCUT2D eigenvalue weighted by Crippen LogP contribution is -2.14. The summed E-state index contributed by atoms with van der Waals surface area (Å²) in [4.78, 5) is 4.83. The van der Waals surface area contributed by atoms with Gasteiger partial charge in [0.2, 0.25) is 0 Å². The maximum Gasteiger partial charge on any atom is 0.0938 e. The summed E-state index contributed by atoms with van der Waals surface area (Å²) in [5.74, 6) is 0. The molecule has 2 aromatic rings. The number of hydrogen-bond donors (Lipinski definition) is 0. The van der Waals surface area contributed by atoms with Crippen molar-refractivity contribution in [3.8, 4) is 0 Å². The highest BCUT2D eigenvalue weighted by Gasteiger charge is 2.07. The van der Waals surface area contributed by atoms with Gasteiger partial charge < -0.3 is 5.48 Å². The van der Waals surface area contributed by atoms with E-state index in [1.807, 2.05) is 11.3 Å². The van der Waals surface area contributed by atoms with Crippen molar-refractivity contribution >= 4 is 90.2 Å². The molecule has 23 heavy (non-hydrogen) atoms. The third-order valence-electron chi connectivity index (χ3n) is 3.02. The summed E-state index contributed by atoms with van der Waals surface area (Å²) < 4.78 is 1.37. The number of benzene rings is 1. The summed E-state index contributed by atoms with van der Waals surface area (Å²) in [5.41, 5.74) is 1.28. The molecule has 2 radical (unpaired) electrons. The molecule has 2 nitrogen and oxygen atoms in total. The molecule has 1 aromatic heterocycles. The maximum absolute atomic E-state index is 4.83. The van der Waals surface area contributed by atoms with Crippen molar-refractivity contribution in [2.24, 2.45) is 0 Å². The topological polar surface area (TPSA) is 44.4 Å². The summed E-state index contributed by atoms with van der Waals surface area (Å²) >= 11 is 1.87. The van der Waals surface area contributed by atoms with Crippen molar-refractivity contribution < 1.29 is 5.48 Å². The second-order valence-electron chi connectivity index (χ2n) is 4.64. The Labute approximate surface area is 175 Å². The number of nitrogens with zero attached hydrogens (tertiary/aromatic N) is 1. The van der Waals surface area contributed by atoms with E-state index in [4.69, 9.17) is 4.98 Å². The molecular formula is C15H31NOS5Si. The lowest BCUT2D eigenvalue weighted by Gasteiger charge is -2.00. The average molecular weight is 430 g/mol. The van der Waals surface area contributed by atoms with Crippen molar-refractivity contribution in [1.82, 2.24) is 4.98 Å². The number of hydrogen-bond acceptors (Lipinski definition) is 2. The van der Waals surface area contributed by atoms with Gasteiger partial charge >= 0.3 is 0 Å². The minimum absolute atomic E-state index is 0. The molecule has 0 aliphatic heterocycles. The summed E-state index contributed by atoms with van der Waals surface area (Å²) in [5, 5.41) is 2.78. The van der Waals surface area contributed by atoms with Crippen molar-refractivity contribution in [2.75, 3.05) is 0 Å². The molecule has 0 bridgehead atoms. The number of aryl methyl sites for hydroxylation is 1. The molecule has 2 rings (SSSR count). The fourth-order valence-electron chi connectivity index (χ4n) is 2.06. The Balaban J connectivity index is -0.000000361. The van der Waals surface area contributed by atoms with Gasteiger partial charge in [-0.05, 0) is 24.1 Å². The Bertz CT molecular complexity index is 510. The molecule has 0 unspecified atom stereocenters. The zero-order valence-electron chi connectivity index (χ0n) is 13.8. The number of rotatable bonds is 7. The largest absolute Gasteiger partial charge is 0.412 e. The lowest BCUT2D eigenvalue weighted by molar-refractivity contribution is 0.769. The number of para-hydroxylation sites is 1. The summed E-state index contributed by atoms with van der Waals surface area (Å²) in [6.07, 6.45) is 6.34. The van der Waals surface area contributed by atoms with Crippen molar-refractivity contribution in [3.05, 3.63) is 23.2 Å². The second-order valence-corrected chi connectivity index (χ2v) is 7.15. The molecule has 2 N–H and O–H groups in total. The minimum atomic E-state index is 0. The van der Waals surface area contributed by atoms with Crippen LogP contribution in [0.25, 0.3) is 10.2 Å². The Morgan fingerprint density at radius 2 is 1.70 bits per heavy atom. The van der Waals surface area contributed by atoms with Gasteiger partial charge in [0.15, 0.2) is 0 Å². The molecule has 0 aliphatic carbocycles. The Hall–Kier alpha value is 0.687. The zero-order chi connectivity index (χ0) is 12.8. The Kier molecular flexibility index (Phi) is 23.9. The molecule has 0 amide bonds. The van der Waals surface area contributed by atoms with Crippen molar-refractivity contribution in [1.29, 1.82) is 0 Å². The first kappa shape index (κ1) is 31.5. The lowest BCUT2D eigenvalue weighted by atomic mass is 10.3. The van der Waals surface area contributed by atoms with Crippen LogP contribution in [0.3, 0.4) is 0 Å². The number of aromatic nitrogens is 1. The highest BCUT2D eigenvalue weighted by Crippen LogP contribution is 2.21. The Morgan fingerprint density at radius 1 is 1.00 bits per heavy atom. The second kappa shape index (κ2) is 17.5. The molecule has 136 valence electrons. The van der Waals surface area contributed by atoms with Crippen LogP contribution in [-0.4, -0.2) is 20.0 Å². The van der Waals surface area contributed by atoms with Crippen LogP contribution >= 0.6 is 65.3 Å². The van der Waals surface area contributed by atoms with E-state index < -0.39 is 0 Å². The minimum Gasteiger partial charge on any atom is -0.412 e. The summed E-state index contributed by atoms with van der Waals surface area (Å²) in [6.45, 7) is 4.49. The van der Waals surface area contributed by atoms with Gasteiger partial charge in [0.1, 0.15) is 0 Å². The van der Waals surface area contributed by atoms with Crippen LogP contribution in [0.5, 0.6) is 0 Å². The number of fused-ring (bicyclic) bond motifs is 1. The van der Waals surface area contributed by atoms with Crippen molar-refractivity contribution in [2.45, 2.75) is 52.0 Å². The number of unbranched alkanes of at least 4 members (excludes halogenated alkanes) is 2.